The van der Waals surface area contributed by atoms with Crippen molar-refractivity contribution in [1.29, 1.82) is 5.26 Å². The number of allylic oxidation sites excluding steroid dienone is 1. The van der Waals surface area contributed by atoms with E-state index >= 15 is 0 Å². The second kappa shape index (κ2) is 9.95. The van der Waals surface area contributed by atoms with Gasteiger partial charge in [-0.05, 0) is 86.4 Å². The number of rotatable bonds is 9. The van der Waals surface area contributed by atoms with Crippen molar-refractivity contribution < 1.29 is 18.4 Å². The lowest BCUT2D eigenvalue weighted by Crippen LogP contribution is -2.42. The fourth-order valence-corrected chi connectivity index (χ4v) is 12.3. The second-order valence-corrected chi connectivity index (χ2v) is 18.7. The van der Waals surface area contributed by atoms with Crippen LogP contribution >= 0.6 is 0 Å². The van der Waals surface area contributed by atoms with Crippen molar-refractivity contribution in [2.75, 3.05) is 13.7 Å². The quantitative estimate of drug-likeness (QED) is 0.164. The Hall–Kier alpha value is -1.89. The number of hydrogen-bond acceptors (Lipinski definition) is 5. The van der Waals surface area contributed by atoms with Crippen molar-refractivity contribution in [1.82, 2.24) is 0 Å². The highest BCUT2D eigenvalue weighted by Crippen LogP contribution is 2.40. The summed E-state index contributed by atoms with van der Waals surface area (Å²) in [4.78, 5) is 12.6. The van der Waals surface area contributed by atoms with Crippen LogP contribution in [0.2, 0.25) is 38.8 Å². The maximum absolute atomic E-state index is 12.6. The summed E-state index contributed by atoms with van der Waals surface area (Å²) in [6.07, 6.45) is 2.54. The number of methoxy groups -OCH3 is 1. The zero-order chi connectivity index (χ0) is 22.5. The highest BCUT2D eigenvalue weighted by Gasteiger charge is 2.31. The molecule has 1 aliphatic rings. The van der Waals surface area contributed by atoms with Crippen molar-refractivity contribution in [3.8, 4) is 11.8 Å². The van der Waals surface area contributed by atoms with Gasteiger partial charge in [0.15, 0.2) is 16.6 Å². The number of hydrogen-bond donors (Lipinski definition) is 0. The standard InChI is InChI=1S/C23H35NO4Si2/c1-17-14-18-15-19(26-2)10-11-20(18)22(17)21(16-24)23(25)27-12-8-9-13-30(6,7)28-29(3,4)5/h10-11,15,17H,8-9,12-14H2,1-7H3/b22-21+. The van der Waals surface area contributed by atoms with E-state index in [9.17, 15) is 10.1 Å². The molecule has 0 bridgehead atoms. The van der Waals surface area contributed by atoms with Crippen molar-refractivity contribution >= 4 is 28.2 Å². The summed E-state index contributed by atoms with van der Waals surface area (Å²) in [6.45, 7) is 13.5. The van der Waals surface area contributed by atoms with Gasteiger partial charge in [-0.2, -0.15) is 5.26 Å². The number of carbonyl (C=O) groups excluding carboxylic acids is 1. The first kappa shape index (κ1) is 24.4. The van der Waals surface area contributed by atoms with E-state index in [1.807, 2.05) is 25.1 Å². The molecule has 0 amide bonds. The third-order valence-corrected chi connectivity index (χ3v) is 11.4. The number of nitrogens with zero attached hydrogens (tertiary/aromatic N) is 1. The molecule has 0 aliphatic heterocycles. The van der Waals surface area contributed by atoms with Crippen LogP contribution in [0, 0.1) is 17.2 Å². The minimum Gasteiger partial charge on any atom is -0.497 e. The van der Waals surface area contributed by atoms with Gasteiger partial charge in [0, 0.05) is 0 Å². The molecule has 0 fully saturated rings. The van der Waals surface area contributed by atoms with Gasteiger partial charge in [-0.25, -0.2) is 4.79 Å². The molecule has 0 spiro atoms. The molecule has 1 atom stereocenters. The number of unbranched alkanes of at least 4 members (excludes halogenated alkanes) is 1. The first-order chi connectivity index (χ1) is 14.0. The molecule has 7 heteroatoms. The largest absolute Gasteiger partial charge is 0.497 e. The molecule has 1 unspecified atom stereocenters. The van der Waals surface area contributed by atoms with Gasteiger partial charge in [-0.3, -0.25) is 0 Å². The molecule has 0 heterocycles. The third-order valence-electron chi connectivity index (χ3n) is 5.20. The van der Waals surface area contributed by atoms with Crippen LogP contribution in [0.4, 0.5) is 0 Å². The molecule has 0 radical (unpaired) electrons. The Morgan fingerprint density at radius 1 is 1.20 bits per heavy atom. The molecule has 5 nitrogen and oxygen atoms in total. The molecular formula is C23H35NO4Si2. The summed E-state index contributed by atoms with van der Waals surface area (Å²) in [6, 6.07) is 8.93. The molecule has 0 saturated heterocycles. The Kier molecular flexibility index (Phi) is 8.08. The summed E-state index contributed by atoms with van der Waals surface area (Å²) in [5, 5.41) is 9.68. The molecule has 0 aromatic heterocycles. The van der Waals surface area contributed by atoms with E-state index in [1.165, 1.54) is 0 Å². The zero-order valence-electron chi connectivity index (χ0n) is 19.4. The predicted octanol–water partition coefficient (Wildman–Crippen LogP) is 5.54. The number of esters is 1. The molecule has 0 saturated carbocycles. The van der Waals surface area contributed by atoms with Crippen LogP contribution in [0.3, 0.4) is 0 Å². The summed E-state index contributed by atoms with van der Waals surface area (Å²) >= 11 is 0. The van der Waals surface area contributed by atoms with Crippen LogP contribution in [0.15, 0.2) is 23.8 Å². The molecule has 164 valence electrons. The van der Waals surface area contributed by atoms with E-state index in [4.69, 9.17) is 13.6 Å². The highest BCUT2D eigenvalue weighted by atomic mass is 28.4. The Morgan fingerprint density at radius 2 is 1.90 bits per heavy atom. The van der Waals surface area contributed by atoms with Crippen LogP contribution in [0.5, 0.6) is 5.75 Å². The first-order valence-corrected chi connectivity index (χ1v) is 17.2. The number of carbonyl (C=O) groups is 1. The summed E-state index contributed by atoms with van der Waals surface area (Å²) in [5.41, 5.74) is 2.97. The SMILES string of the molecule is COc1ccc2c(c1)CC(C)/C2=C(/C#N)C(=O)OCCCC[Si](C)(C)O[Si](C)(C)C. The number of benzene rings is 1. The van der Waals surface area contributed by atoms with Crippen molar-refractivity contribution in [2.45, 2.75) is 65.0 Å². The van der Waals surface area contributed by atoms with E-state index < -0.39 is 22.6 Å². The van der Waals surface area contributed by atoms with Crippen LogP contribution in [-0.4, -0.2) is 36.3 Å². The fourth-order valence-electron chi connectivity index (χ4n) is 4.19. The van der Waals surface area contributed by atoms with Crippen LogP contribution in [-0.2, 0) is 20.1 Å². The van der Waals surface area contributed by atoms with E-state index in [1.54, 1.807) is 7.11 Å². The van der Waals surface area contributed by atoms with Crippen LogP contribution < -0.4 is 4.74 Å². The number of nitriles is 1. The van der Waals surface area contributed by atoms with Crippen molar-refractivity contribution in [3.05, 3.63) is 34.9 Å². The minimum atomic E-state index is -1.67. The molecule has 30 heavy (non-hydrogen) atoms. The fraction of sp³-hybridized carbons (Fsp3) is 0.565. The van der Waals surface area contributed by atoms with Crippen LogP contribution in [0.25, 0.3) is 5.57 Å². The normalized spacial score (nSPS) is 17.9. The average Bonchev–Trinajstić information content (AvgIpc) is 2.95. The summed E-state index contributed by atoms with van der Waals surface area (Å²) < 4.78 is 17.1. The van der Waals surface area contributed by atoms with Gasteiger partial charge < -0.3 is 13.6 Å². The van der Waals surface area contributed by atoms with Crippen molar-refractivity contribution in [2.24, 2.45) is 5.92 Å². The van der Waals surface area contributed by atoms with E-state index in [-0.39, 0.29) is 11.5 Å². The lowest BCUT2D eigenvalue weighted by atomic mass is 9.96. The number of ether oxygens (including phenoxy) is 2. The van der Waals surface area contributed by atoms with E-state index in [0.717, 1.165) is 47.8 Å². The predicted molar refractivity (Wildman–Crippen MR) is 125 cm³/mol. The van der Waals surface area contributed by atoms with Gasteiger partial charge in [0.05, 0.1) is 13.7 Å². The Balaban J connectivity index is 1.97. The zero-order valence-corrected chi connectivity index (χ0v) is 21.4. The van der Waals surface area contributed by atoms with E-state index in [2.05, 4.69) is 38.8 Å². The highest BCUT2D eigenvalue weighted by molar-refractivity contribution is 6.84. The Morgan fingerprint density at radius 3 is 2.50 bits per heavy atom. The first-order valence-electron chi connectivity index (χ1n) is 10.7. The maximum Gasteiger partial charge on any atom is 0.349 e. The Bertz CT molecular complexity index is 850. The molecule has 0 N–H and O–H groups in total. The maximum atomic E-state index is 12.6. The van der Waals surface area contributed by atoms with Gasteiger partial charge in [-0.1, -0.05) is 19.4 Å². The lowest BCUT2D eigenvalue weighted by molar-refractivity contribution is -0.138. The topological polar surface area (TPSA) is 68.5 Å². The van der Waals surface area contributed by atoms with Crippen LogP contribution in [0.1, 0.15) is 30.9 Å². The monoisotopic (exact) mass is 445 g/mol. The van der Waals surface area contributed by atoms with Gasteiger partial charge in [0.25, 0.3) is 0 Å². The third kappa shape index (κ3) is 6.56. The van der Waals surface area contributed by atoms with Gasteiger partial charge in [0.2, 0.25) is 0 Å². The smallest absolute Gasteiger partial charge is 0.349 e. The molecule has 1 aromatic carbocycles. The van der Waals surface area contributed by atoms with Gasteiger partial charge in [0.1, 0.15) is 17.4 Å². The molecule has 2 rings (SSSR count). The molecule has 1 aliphatic carbocycles. The van der Waals surface area contributed by atoms with Gasteiger partial charge in [-0.15, -0.1) is 0 Å². The average molecular weight is 446 g/mol. The van der Waals surface area contributed by atoms with E-state index in [0.29, 0.717) is 6.61 Å². The summed E-state index contributed by atoms with van der Waals surface area (Å²) in [5.74, 6) is 0.366. The van der Waals surface area contributed by atoms with Gasteiger partial charge >= 0.3 is 5.97 Å². The Labute approximate surface area is 183 Å². The molecule has 1 aromatic rings. The number of fused-ring (bicyclic) bond motifs is 1. The minimum absolute atomic E-state index is 0.0971. The molecular weight excluding hydrogens is 410 g/mol. The van der Waals surface area contributed by atoms with Crippen molar-refractivity contribution in [3.63, 3.8) is 0 Å². The lowest BCUT2D eigenvalue weighted by Gasteiger charge is -2.31. The second-order valence-electron chi connectivity index (χ2n) is 9.60. The summed E-state index contributed by atoms with van der Waals surface area (Å²) in [7, 11) is -1.57.